The van der Waals surface area contributed by atoms with E-state index in [9.17, 15) is 14.4 Å². The van der Waals surface area contributed by atoms with E-state index < -0.39 is 5.97 Å². The largest absolute Gasteiger partial charge is 0.464 e. The van der Waals surface area contributed by atoms with Crippen molar-refractivity contribution in [2.45, 2.75) is 20.8 Å². The highest BCUT2D eigenvalue weighted by Gasteiger charge is 2.23. The molecule has 0 saturated carbocycles. The Kier molecular flexibility index (Phi) is 3.27. The van der Waals surface area contributed by atoms with E-state index in [0.717, 1.165) is 4.57 Å². The van der Waals surface area contributed by atoms with Crippen molar-refractivity contribution in [1.82, 2.24) is 4.57 Å². The lowest BCUT2D eigenvalue weighted by Crippen LogP contribution is -2.15. The van der Waals surface area contributed by atoms with Crippen LogP contribution >= 0.6 is 0 Å². The number of hydrogen-bond acceptors (Lipinski definition) is 4. The summed E-state index contributed by atoms with van der Waals surface area (Å²) in [5, 5.41) is 0. The van der Waals surface area contributed by atoms with Crippen molar-refractivity contribution < 1.29 is 19.1 Å². The average Bonchev–Trinajstić information content (AvgIpc) is 2.55. The van der Waals surface area contributed by atoms with E-state index in [4.69, 9.17) is 0 Å². The minimum atomic E-state index is -0.625. The van der Waals surface area contributed by atoms with Gasteiger partial charge in [-0.05, 0) is 19.4 Å². The van der Waals surface area contributed by atoms with Crippen LogP contribution in [0, 0.1) is 6.92 Å². The molecule has 0 unspecified atom stereocenters. The van der Waals surface area contributed by atoms with Crippen LogP contribution in [0.3, 0.4) is 0 Å². The molecule has 86 valence electrons. The fourth-order valence-corrected chi connectivity index (χ4v) is 1.55. The zero-order chi connectivity index (χ0) is 12.5. The molecular weight excluding hydrogens is 210 g/mol. The van der Waals surface area contributed by atoms with Gasteiger partial charge < -0.3 is 4.74 Å². The molecule has 16 heavy (non-hydrogen) atoms. The summed E-state index contributed by atoms with van der Waals surface area (Å²) < 4.78 is 5.71. The van der Waals surface area contributed by atoms with E-state index in [-0.39, 0.29) is 17.4 Å². The van der Waals surface area contributed by atoms with E-state index in [1.54, 1.807) is 6.92 Å². The van der Waals surface area contributed by atoms with E-state index >= 15 is 0 Å². The van der Waals surface area contributed by atoms with Crippen LogP contribution in [0.5, 0.6) is 0 Å². The lowest BCUT2D eigenvalue weighted by molar-refractivity contribution is 0.0581. The van der Waals surface area contributed by atoms with Crippen molar-refractivity contribution in [2.24, 2.45) is 0 Å². The van der Waals surface area contributed by atoms with Gasteiger partial charge in [0.05, 0.1) is 7.11 Å². The maximum absolute atomic E-state index is 11.5. The number of ether oxygens (including phenoxy) is 1. The molecule has 0 radical (unpaired) electrons. The van der Waals surface area contributed by atoms with E-state index in [0.29, 0.717) is 11.1 Å². The first-order valence-corrected chi connectivity index (χ1v) is 4.72. The van der Waals surface area contributed by atoms with Gasteiger partial charge >= 0.3 is 5.97 Å². The molecule has 0 saturated heterocycles. The van der Waals surface area contributed by atoms with Crippen molar-refractivity contribution in [3.8, 4) is 0 Å². The molecule has 0 atom stereocenters. The topological polar surface area (TPSA) is 65.4 Å². The Morgan fingerprint density at radius 3 is 2.19 bits per heavy atom. The lowest BCUT2D eigenvalue weighted by atomic mass is 10.1. The number of nitrogens with zero attached hydrogens (tertiary/aromatic N) is 1. The summed E-state index contributed by atoms with van der Waals surface area (Å²) >= 11 is 0. The molecule has 0 spiro atoms. The van der Waals surface area contributed by atoms with Crippen LogP contribution in [0.15, 0.2) is 6.20 Å². The number of Topliss-reactive ketones (excluding diaryl/α,β-unsaturated/α-hetero) is 1. The van der Waals surface area contributed by atoms with Crippen LogP contribution < -0.4 is 0 Å². The third-order valence-corrected chi connectivity index (χ3v) is 2.36. The molecular formula is C11H13NO4. The monoisotopic (exact) mass is 223 g/mol. The molecule has 1 rings (SSSR count). The molecule has 0 aliphatic rings. The highest BCUT2D eigenvalue weighted by molar-refractivity contribution is 6.02. The van der Waals surface area contributed by atoms with Gasteiger partial charge in [-0.25, -0.2) is 4.79 Å². The van der Waals surface area contributed by atoms with Crippen LogP contribution in [-0.4, -0.2) is 29.3 Å². The quantitative estimate of drug-likeness (QED) is 0.562. The number of hydrogen-bond donors (Lipinski definition) is 0. The van der Waals surface area contributed by atoms with Crippen LogP contribution in [0.4, 0.5) is 0 Å². The molecule has 0 N–H and O–H groups in total. The first-order valence-electron chi connectivity index (χ1n) is 4.72. The number of carbonyl (C=O) groups excluding carboxylic acids is 3. The van der Waals surface area contributed by atoms with Crippen LogP contribution in [0.25, 0.3) is 0 Å². The minimum Gasteiger partial charge on any atom is -0.464 e. The maximum Gasteiger partial charge on any atom is 0.355 e. The average molecular weight is 223 g/mol. The highest BCUT2D eigenvalue weighted by atomic mass is 16.5. The summed E-state index contributed by atoms with van der Waals surface area (Å²) in [4.78, 5) is 34.1. The summed E-state index contributed by atoms with van der Waals surface area (Å²) in [6, 6.07) is 0. The predicted octanol–water partition coefficient (Wildman–Crippen LogP) is 1.45. The Morgan fingerprint density at radius 1 is 1.25 bits per heavy atom. The van der Waals surface area contributed by atoms with Crippen molar-refractivity contribution >= 4 is 17.7 Å². The van der Waals surface area contributed by atoms with Crippen LogP contribution in [-0.2, 0) is 4.74 Å². The smallest absolute Gasteiger partial charge is 0.355 e. The SMILES string of the molecule is COC(=O)c1c(C)c(C(C)=O)cn1C(C)=O. The number of ketones is 1. The summed E-state index contributed by atoms with van der Waals surface area (Å²) in [7, 11) is 1.23. The summed E-state index contributed by atoms with van der Waals surface area (Å²) in [5.41, 5.74) is 0.936. The van der Waals surface area contributed by atoms with Gasteiger partial charge in [-0.2, -0.15) is 0 Å². The van der Waals surface area contributed by atoms with Gasteiger partial charge in [0.15, 0.2) is 5.78 Å². The zero-order valence-electron chi connectivity index (χ0n) is 9.66. The Hall–Kier alpha value is -1.91. The number of carbonyl (C=O) groups is 3. The third kappa shape index (κ3) is 1.88. The van der Waals surface area contributed by atoms with Crippen molar-refractivity contribution in [2.75, 3.05) is 7.11 Å². The molecule has 0 aliphatic heterocycles. The fraction of sp³-hybridized carbons (Fsp3) is 0.364. The van der Waals surface area contributed by atoms with Gasteiger partial charge in [0.2, 0.25) is 5.91 Å². The molecule has 0 aromatic carbocycles. The molecule has 1 heterocycles. The summed E-state index contributed by atoms with van der Waals surface area (Å²) in [5.74, 6) is -1.15. The second-order valence-electron chi connectivity index (χ2n) is 3.45. The standard InChI is InChI=1S/C11H13NO4/c1-6-9(7(2)13)5-12(8(3)14)10(6)11(15)16-4/h5H,1-4H3. The Labute approximate surface area is 93.0 Å². The second-order valence-corrected chi connectivity index (χ2v) is 3.45. The second kappa shape index (κ2) is 4.30. The van der Waals surface area contributed by atoms with Gasteiger partial charge in [-0.15, -0.1) is 0 Å². The van der Waals surface area contributed by atoms with Crippen molar-refractivity contribution in [3.05, 3.63) is 23.0 Å². The zero-order valence-corrected chi connectivity index (χ0v) is 9.66. The Morgan fingerprint density at radius 2 is 1.81 bits per heavy atom. The van der Waals surface area contributed by atoms with Crippen molar-refractivity contribution in [3.63, 3.8) is 0 Å². The van der Waals surface area contributed by atoms with Crippen molar-refractivity contribution in [1.29, 1.82) is 0 Å². The number of esters is 1. The maximum atomic E-state index is 11.5. The minimum absolute atomic E-state index is 0.111. The first-order chi connectivity index (χ1) is 7.40. The fourth-order valence-electron chi connectivity index (χ4n) is 1.55. The third-order valence-electron chi connectivity index (χ3n) is 2.36. The number of methoxy groups -OCH3 is 1. The molecule has 5 nitrogen and oxygen atoms in total. The van der Waals surface area contributed by atoms with Crippen LogP contribution in [0.1, 0.15) is 45.1 Å². The van der Waals surface area contributed by atoms with E-state index in [2.05, 4.69) is 4.74 Å². The Bertz CT molecular complexity index is 471. The first kappa shape index (κ1) is 12.2. The summed E-state index contributed by atoms with van der Waals surface area (Å²) in [6.07, 6.45) is 1.37. The van der Waals surface area contributed by atoms with Crippen LogP contribution in [0.2, 0.25) is 0 Å². The molecule has 5 heteroatoms. The molecule has 0 aliphatic carbocycles. The Balaban J connectivity index is 3.49. The normalized spacial score (nSPS) is 10.0. The lowest BCUT2D eigenvalue weighted by Gasteiger charge is -2.03. The van der Waals surface area contributed by atoms with E-state index in [1.807, 2.05) is 0 Å². The number of aromatic nitrogens is 1. The van der Waals surface area contributed by atoms with Gasteiger partial charge in [0, 0.05) is 18.7 Å². The highest BCUT2D eigenvalue weighted by Crippen LogP contribution is 2.18. The van der Waals surface area contributed by atoms with Gasteiger partial charge in [0.1, 0.15) is 5.69 Å². The van der Waals surface area contributed by atoms with Gasteiger partial charge in [-0.1, -0.05) is 0 Å². The molecule has 0 amide bonds. The molecule has 1 aromatic heterocycles. The van der Waals surface area contributed by atoms with Gasteiger partial charge in [-0.3, -0.25) is 14.2 Å². The van der Waals surface area contributed by atoms with E-state index in [1.165, 1.54) is 27.2 Å². The van der Waals surface area contributed by atoms with Gasteiger partial charge in [0.25, 0.3) is 0 Å². The summed E-state index contributed by atoms with van der Waals surface area (Å²) in [6.45, 7) is 4.31. The predicted molar refractivity (Wildman–Crippen MR) is 56.8 cm³/mol. The molecule has 0 fully saturated rings. The number of rotatable bonds is 2. The molecule has 1 aromatic rings. The molecule has 0 bridgehead atoms.